The maximum absolute atomic E-state index is 12.6. The second-order valence-corrected chi connectivity index (χ2v) is 6.02. The second-order valence-electron chi connectivity index (χ2n) is 5.10. The first kappa shape index (κ1) is 14.6. The van der Waals surface area contributed by atoms with E-state index in [1.54, 1.807) is 0 Å². The smallest absolute Gasteiger partial charge is 0.270 e. The Balaban J connectivity index is 2.10. The summed E-state index contributed by atoms with van der Waals surface area (Å²) in [6, 6.07) is 1.89. The van der Waals surface area contributed by atoms with Gasteiger partial charge in [-0.3, -0.25) is 4.79 Å². The standard InChI is InChI=1S/C14H21BrN2O2/c1-2-16-10-12(15)8-13(16)14(19)17-6-3-4-11(9-17)5-7-18/h8,10-11,18H,2-7,9H2,1H3. The van der Waals surface area contributed by atoms with E-state index in [2.05, 4.69) is 15.9 Å². The number of piperidine rings is 1. The van der Waals surface area contributed by atoms with Crippen LogP contribution < -0.4 is 0 Å². The molecule has 1 unspecified atom stereocenters. The molecule has 19 heavy (non-hydrogen) atoms. The molecule has 0 saturated carbocycles. The summed E-state index contributed by atoms with van der Waals surface area (Å²) in [5, 5.41) is 9.03. The predicted octanol–water partition coefficient (Wildman–Crippen LogP) is 2.51. The van der Waals surface area contributed by atoms with Gasteiger partial charge in [-0.25, -0.2) is 0 Å². The number of aryl methyl sites for hydroxylation is 1. The molecule has 0 spiro atoms. The number of hydrogen-bond acceptors (Lipinski definition) is 2. The van der Waals surface area contributed by atoms with Crippen LogP contribution in [0, 0.1) is 5.92 Å². The highest BCUT2D eigenvalue weighted by atomic mass is 79.9. The van der Waals surface area contributed by atoms with Gasteiger partial charge in [0.05, 0.1) is 0 Å². The van der Waals surface area contributed by atoms with Gasteiger partial charge in [-0.05, 0) is 54.1 Å². The van der Waals surface area contributed by atoms with E-state index in [1.807, 2.05) is 28.7 Å². The van der Waals surface area contributed by atoms with Gasteiger partial charge in [-0.2, -0.15) is 0 Å². The van der Waals surface area contributed by atoms with E-state index in [0.29, 0.717) is 5.92 Å². The number of carbonyl (C=O) groups excluding carboxylic acids is 1. The summed E-state index contributed by atoms with van der Waals surface area (Å²) in [6.07, 6.45) is 4.89. The monoisotopic (exact) mass is 328 g/mol. The van der Waals surface area contributed by atoms with Crippen LogP contribution in [-0.2, 0) is 6.54 Å². The molecule has 5 heteroatoms. The van der Waals surface area contributed by atoms with Gasteiger partial charge in [-0.1, -0.05) is 0 Å². The van der Waals surface area contributed by atoms with E-state index in [9.17, 15) is 4.79 Å². The molecule has 1 saturated heterocycles. The fourth-order valence-electron chi connectivity index (χ4n) is 2.75. The van der Waals surface area contributed by atoms with Crippen LogP contribution in [0.4, 0.5) is 0 Å². The lowest BCUT2D eigenvalue weighted by molar-refractivity contribution is 0.0643. The summed E-state index contributed by atoms with van der Waals surface area (Å²) < 4.78 is 2.92. The van der Waals surface area contributed by atoms with Crippen LogP contribution in [-0.4, -0.2) is 40.2 Å². The second kappa shape index (κ2) is 6.57. The number of rotatable bonds is 4. The maximum Gasteiger partial charge on any atom is 0.270 e. The van der Waals surface area contributed by atoms with E-state index in [4.69, 9.17) is 5.11 Å². The summed E-state index contributed by atoms with van der Waals surface area (Å²) >= 11 is 3.43. The first-order valence-corrected chi connectivity index (χ1v) is 7.70. The zero-order valence-corrected chi connectivity index (χ0v) is 12.9. The molecule has 2 rings (SSSR count). The predicted molar refractivity (Wildman–Crippen MR) is 78.1 cm³/mol. The van der Waals surface area contributed by atoms with Gasteiger partial charge in [0, 0.05) is 36.9 Å². The third-order valence-electron chi connectivity index (χ3n) is 3.77. The van der Waals surface area contributed by atoms with E-state index in [0.717, 1.165) is 49.1 Å². The van der Waals surface area contributed by atoms with E-state index < -0.39 is 0 Å². The van der Waals surface area contributed by atoms with Gasteiger partial charge in [0.15, 0.2) is 0 Å². The van der Waals surface area contributed by atoms with Crippen LogP contribution in [0.2, 0.25) is 0 Å². The van der Waals surface area contributed by atoms with Crippen LogP contribution in [0.3, 0.4) is 0 Å². The van der Waals surface area contributed by atoms with Crippen molar-refractivity contribution < 1.29 is 9.90 Å². The molecule has 2 heterocycles. The number of halogens is 1. The highest BCUT2D eigenvalue weighted by molar-refractivity contribution is 9.10. The van der Waals surface area contributed by atoms with Crippen LogP contribution in [0.15, 0.2) is 16.7 Å². The van der Waals surface area contributed by atoms with Gasteiger partial charge in [0.1, 0.15) is 5.69 Å². The zero-order chi connectivity index (χ0) is 13.8. The minimum absolute atomic E-state index is 0.107. The Morgan fingerprint density at radius 3 is 3.05 bits per heavy atom. The van der Waals surface area contributed by atoms with Gasteiger partial charge in [0.2, 0.25) is 0 Å². The highest BCUT2D eigenvalue weighted by Crippen LogP contribution is 2.23. The van der Waals surface area contributed by atoms with Crippen molar-refractivity contribution >= 4 is 21.8 Å². The molecule has 4 nitrogen and oxygen atoms in total. The topological polar surface area (TPSA) is 45.5 Å². The van der Waals surface area contributed by atoms with Gasteiger partial charge in [-0.15, -0.1) is 0 Å². The van der Waals surface area contributed by atoms with Crippen molar-refractivity contribution in [2.45, 2.75) is 32.7 Å². The van der Waals surface area contributed by atoms with E-state index in [-0.39, 0.29) is 12.5 Å². The third kappa shape index (κ3) is 3.39. The molecule has 0 radical (unpaired) electrons. The summed E-state index contributed by atoms with van der Waals surface area (Å²) in [5.41, 5.74) is 0.749. The number of aliphatic hydroxyl groups excluding tert-OH is 1. The molecule has 1 amide bonds. The molecular formula is C14H21BrN2O2. The van der Waals surface area contributed by atoms with Crippen molar-refractivity contribution in [2.24, 2.45) is 5.92 Å². The summed E-state index contributed by atoms with van der Waals surface area (Å²) in [6.45, 7) is 4.64. The number of aromatic nitrogens is 1. The van der Waals surface area contributed by atoms with Gasteiger partial charge < -0.3 is 14.6 Å². The van der Waals surface area contributed by atoms with Crippen molar-refractivity contribution in [3.05, 3.63) is 22.4 Å². The molecule has 1 aliphatic rings. The summed E-state index contributed by atoms with van der Waals surface area (Å²) in [4.78, 5) is 14.5. The fourth-order valence-corrected chi connectivity index (χ4v) is 3.21. The van der Waals surface area contributed by atoms with Crippen molar-refractivity contribution in [3.8, 4) is 0 Å². The Kier molecular flexibility index (Phi) is 5.05. The van der Waals surface area contributed by atoms with Crippen molar-refractivity contribution in [1.82, 2.24) is 9.47 Å². The number of nitrogens with zero attached hydrogens (tertiary/aromatic N) is 2. The molecule has 1 aliphatic heterocycles. The Bertz CT molecular complexity index is 443. The number of hydrogen-bond donors (Lipinski definition) is 1. The lowest BCUT2D eigenvalue weighted by Gasteiger charge is -2.32. The number of likely N-dealkylation sites (tertiary alicyclic amines) is 1. The molecular weight excluding hydrogens is 308 g/mol. The molecule has 106 valence electrons. The van der Waals surface area contributed by atoms with Crippen molar-refractivity contribution in [1.29, 1.82) is 0 Å². The average Bonchev–Trinajstić information content (AvgIpc) is 2.80. The SMILES string of the molecule is CCn1cc(Br)cc1C(=O)N1CCCC(CCO)C1. The first-order chi connectivity index (χ1) is 9.15. The van der Waals surface area contributed by atoms with Crippen molar-refractivity contribution in [3.63, 3.8) is 0 Å². The van der Waals surface area contributed by atoms with E-state index >= 15 is 0 Å². The molecule has 1 fully saturated rings. The third-order valence-corrected chi connectivity index (χ3v) is 4.20. The largest absolute Gasteiger partial charge is 0.396 e. The Labute approximate surface area is 122 Å². The van der Waals surface area contributed by atoms with Crippen LogP contribution in [0.25, 0.3) is 0 Å². The lowest BCUT2D eigenvalue weighted by atomic mass is 9.95. The lowest BCUT2D eigenvalue weighted by Crippen LogP contribution is -2.40. The quantitative estimate of drug-likeness (QED) is 0.923. The fraction of sp³-hybridized carbons (Fsp3) is 0.643. The Morgan fingerprint density at radius 1 is 1.58 bits per heavy atom. The Hall–Kier alpha value is -0.810. The molecule has 0 bridgehead atoms. The molecule has 1 aromatic rings. The van der Waals surface area contributed by atoms with Gasteiger partial charge in [0.25, 0.3) is 5.91 Å². The summed E-state index contributed by atoms with van der Waals surface area (Å²) in [5.74, 6) is 0.548. The molecule has 1 atom stereocenters. The van der Waals surface area contributed by atoms with Crippen LogP contribution >= 0.6 is 15.9 Å². The Morgan fingerprint density at radius 2 is 2.37 bits per heavy atom. The average molecular weight is 329 g/mol. The normalized spacial score (nSPS) is 19.7. The number of amides is 1. The van der Waals surface area contributed by atoms with Crippen molar-refractivity contribution in [2.75, 3.05) is 19.7 Å². The van der Waals surface area contributed by atoms with Crippen LogP contribution in [0.1, 0.15) is 36.7 Å². The number of carbonyl (C=O) groups is 1. The molecule has 1 aromatic heterocycles. The molecule has 0 aromatic carbocycles. The molecule has 0 aliphatic carbocycles. The maximum atomic E-state index is 12.6. The summed E-state index contributed by atoms with van der Waals surface area (Å²) in [7, 11) is 0. The minimum Gasteiger partial charge on any atom is -0.396 e. The zero-order valence-electron chi connectivity index (χ0n) is 11.3. The minimum atomic E-state index is 0.107. The van der Waals surface area contributed by atoms with Gasteiger partial charge >= 0.3 is 0 Å². The number of aliphatic hydroxyl groups is 1. The molecule has 1 N–H and O–H groups in total. The first-order valence-electron chi connectivity index (χ1n) is 6.91. The van der Waals surface area contributed by atoms with Crippen LogP contribution in [0.5, 0.6) is 0 Å². The van der Waals surface area contributed by atoms with E-state index in [1.165, 1.54) is 0 Å². The highest BCUT2D eigenvalue weighted by Gasteiger charge is 2.25.